The summed E-state index contributed by atoms with van der Waals surface area (Å²) >= 11 is 5.95. The molecule has 0 spiro atoms. The van der Waals surface area contributed by atoms with Gasteiger partial charge in [-0.15, -0.1) is 0 Å². The van der Waals surface area contributed by atoms with Gasteiger partial charge in [-0.2, -0.15) is 18.7 Å². The average Bonchev–Trinajstić information content (AvgIpc) is 2.65. The predicted octanol–water partition coefficient (Wildman–Crippen LogP) is 1.57. The molecule has 144 valence electrons. The van der Waals surface area contributed by atoms with E-state index >= 15 is 0 Å². The molecule has 0 saturated carbocycles. The topological polar surface area (TPSA) is 119 Å². The molecule has 27 heavy (non-hydrogen) atoms. The molecule has 1 aromatic carbocycles. The van der Waals surface area contributed by atoms with E-state index in [1.54, 1.807) is 0 Å². The molecule has 0 saturated heterocycles. The van der Waals surface area contributed by atoms with Crippen LogP contribution in [0.2, 0.25) is 5.02 Å². The standard InChI is InChI=1S/C14H11ClF2N4O5S/c1-21(27(24,25)13(16)17)10-7(4-3-5-8(10)15)11(23)12-18-9(6-22)19-14(20-12)26-2/h3-6,13H,1-2H3. The van der Waals surface area contributed by atoms with Crippen molar-refractivity contribution in [3.63, 3.8) is 0 Å². The highest BCUT2D eigenvalue weighted by atomic mass is 35.5. The van der Waals surface area contributed by atoms with E-state index in [0.29, 0.717) is 0 Å². The van der Waals surface area contributed by atoms with E-state index in [0.717, 1.165) is 13.1 Å². The van der Waals surface area contributed by atoms with E-state index in [2.05, 4.69) is 15.0 Å². The lowest BCUT2D eigenvalue weighted by Crippen LogP contribution is -2.33. The monoisotopic (exact) mass is 420 g/mol. The first-order chi connectivity index (χ1) is 12.6. The van der Waals surface area contributed by atoms with Gasteiger partial charge in [0.05, 0.1) is 23.4 Å². The largest absolute Gasteiger partial charge is 0.467 e. The Kier molecular flexibility index (Phi) is 6.01. The Bertz CT molecular complexity index is 1000. The summed E-state index contributed by atoms with van der Waals surface area (Å²) < 4.78 is 54.3. The SMILES string of the molecule is COc1nc(C=O)nc(C(=O)c2cccc(Cl)c2N(C)S(=O)(=O)C(F)F)n1. The summed E-state index contributed by atoms with van der Waals surface area (Å²) in [5, 5.41) is -0.274. The second-order valence-electron chi connectivity index (χ2n) is 4.86. The number of sulfonamides is 1. The van der Waals surface area contributed by atoms with Crippen LogP contribution < -0.4 is 9.04 Å². The number of aldehydes is 1. The number of benzene rings is 1. The molecule has 9 nitrogen and oxygen atoms in total. The summed E-state index contributed by atoms with van der Waals surface area (Å²) in [5.74, 6) is -5.69. The summed E-state index contributed by atoms with van der Waals surface area (Å²) in [6.07, 6.45) is 0.243. The smallest absolute Gasteiger partial charge is 0.355 e. The number of anilines is 1. The van der Waals surface area contributed by atoms with Crippen molar-refractivity contribution in [1.82, 2.24) is 15.0 Å². The van der Waals surface area contributed by atoms with E-state index in [-0.39, 0.29) is 27.2 Å². The molecule has 0 radical (unpaired) electrons. The van der Waals surface area contributed by atoms with Crippen LogP contribution in [-0.4, -0.2) is 55.4 Å². The number of hydrogen-bond donors (Lipinski definition) is 0. The second kappa shape index (κ2) is 7.88. The normalized spacial score (nSPS) is 11.3. The summed E-state index contributed by atoms with van der Waals surface area (Å²) in [4.78, 5) is 34.6. The van der Waals surface area contributed by atoms with Crippen LogP contribution in [0, 0.1) is 0 Å². The van der Waals surface area contributed by atoms with Gasteiger partial charge < -0.3 is 4.74 Å². The van der Waals surface area contributed by atoms with Crippen LogP contribution in [0.4, 0.5) is 14.5 Å². The molecule has 0 unspecified atom stereocenters. The van der Waals surface area contributed by atoms with Crippen LogP contribution in [0.5, 0.6) is 6.01 Å². The zero-order chi connectivity index (χ0) is 20.4. The first kappa shape index (κ1) is 20.6. The van der Waals surface area contributed by atoms with E-state index in [1.807, 2.05) is 0 Å². The maximum atomic E-state index is 12.9. The summed E-state index contributed by atoms with van der Waals surface area (Å²) in [6.45, 7) is 0. The Labute approximate surface area is 157 Å². The summed E-state index contributed by atoms with van der Waals surface area (Å²) in [6, 6.07) is 3.34. The quantitative estimate of drug-likeness (QED) is 0.489. The van der Waals surface area contributed by atoms with E-state index < -0.39 is 38.9 Å². The summed E-state index contributed by atoms with van der Waals surface area (Å²) in [5.41, 5.74) is -0.865. The minimum Gasteiger partial charge on any atom is -0.467 e. The lowest BCUT2D eigenvalue weighted by Gasteiger charge is -2.22. The van der Waals surface area contributed by atoms with Crippen molar-refractivity contribution in [2.24, 2.45) is 0 Å². The molecule has 0 aliphatic rings. The third-order valence-corrected chi connectivity index (χ3v) is 4.98. The molecule has 1 aromatic heterocycles. The van der Waals surface area contributed by atoms with Gasteiger partial charge in [-0.05, 0) is 12.1 Å². The van der Waals surface area contributed by atoms with Gasteiger partial charge in [0.15, 0.2) is 12.1 Å². The molecule has 1 heterocycles. The van der Waals surface area contributed by atoms with Crippen LogP contribution >= 0.6 is 11.6 Å². The van der Waals surface area contributed by atoms with Crippen LogP contribution in [0.15, 0.2) is 18.2 Å². The molecule has 2 rings (SSSR count). The van der Waals surface area contributed by atoms with E-state index in [9.17, 15) is 26.8 Å². The number of ketones is 1. The van der Waals surface area contributed by atoms with Gasteiger partial charge in [0.25, 0.3) is 10.0 Å². The Hall–Kier alpha value is -2.73. The third-order valence-electron chi connectivity index (χ3n) is 3.28. The maximum absolute atomic E-state index is 12.9. The van der Waals surface area contributed by atoms with Gasteiger partial charge in [-0.3, -0.25) is 13.9 Å². The number of nitrogens with zero attached hydrogens (tertiary/aromatic N) is 4. The number of carbonyl (C=O) groups excluding carboxylic acids is 2. The van der Waals surface area contributed by atoms with Gasteiger partial charge in [-0.25, -0.2) is 13.4 Å². The fourth-order valence-corrected chi connectivity index (χ4v) is 3.05. The van der Waals surface area contributed by atoms with E-state index in [1.165, 1.54) is 19.2 Å². The Morgan fingerprint density at radius 2 is 1.96 bits per heavy atom. The minimum atomic E-state index is -5.09. The molecule has 0 aliphatic carbocycles. The molecule has 0 amide bonds. The number of methoxy groups -OCH3 is 1. The number of carbonyl (C=O) groups is 2. The predicted molar refractivity (Wildman–Crippen MR) is 90.0 cm³/mol. The lowest BCUT2D eigenvalue weighted by atomic mass is 10.1. The Morgan fingerprint density at radius 3 is 2.52 bits per heavy atom. The van der Waals surface area contributed by atoms with Crippen molar-refractivity contribution in [1.29, 1.82) is 0 Å². The average molecular weight is 421 g/mol. The molecule has 0 aliphatic heterocycles. The van der Waals surface area contributed by atoms with Gasteiger partial charge in [0, 0.05) is 7.05 Å². The fraction of sp³-hybridized carbons (Fsp3) is 0.214. The van der Waals surface area contributed by atoms with Crippen molar-refractivity contribution in [3.8, 4) is 6.01 Å². The molecule has 2 aromatic rings. The zero-order valence-corrected chi connectivity index (χ0v) is 15.3. The van der Waals surface area contributed by atoms with Gasteiger partial charge in [0.1, 0.15) is 0 Å². The highest BCUT2D eigenvalue weighted by Crippen LogP contribution is 2.33. The molecular formula is C14H11ClF2N4O5S. The van der Waals surface area contributed by atoms with Crippen LogP contribution in [0.3, 0.4) is 0 Å². The van der Waals surface area contributed by atoms with Crippen molar-refractivity contribution in [2.75, 3.05) is 18.5 Å². The second-order valence-corrected chi connectivity index (χ2v) is 7.20. The number of aromatic nitrogens is 3. The molecule has 13 heteroatoms. The lowest BCUT2D eigenvalue weighted by molar-refractivity contribution is 0.102. The van der Waals surface area contributed by atoms with Crippen molar-refractivity contribution in [3.05, 3.63) is 40.4 Å². The number of rotatable bonds is 7. The number of para-hydroxylation sites is 1. The number of ether oxygens (including phenoxy) is 1. The van der Waals surface area contributed by atoms with Crippen LogP contribution in [-0.2, 0) is 10.0 Å². The minimum absolute atomic E-state index is 0.201. The molecule has 0 bridgehead atoms. The number of alkyl halides is 2. The van der Waals surface area contributed by atoms with Gasteiger partial charge in [-0.1, -0.05) is 17.7 Å². The first-order valence-electron chi connectivity index (χ1n) is 6.97. The highest BCUT2D eigenvalue weighted by molar-refractivity contribution is 7.93. The van der Waals surface area contributed by atoms with Gasteiger partial charge >= 0.3 is 11.8 Å². The van der Waals surface area contributed by atoms with Crippen LogP contribution in [0.25, 0.3) is 0 Å². The number of halogens is 3. The number of hydrogen-bond acceptors (Lipinski definition) is 8. The zero-order valence-electron chi connectivity index (χ0n) is 13.8. The summed E-state index contributed by atoms with van der Waals surface area (Å²) in [7, 11) is -3.08. The third kappa shape index (κ3) is 4.01. The molecular weight excluding hydrogens is 410 g/mol. The first-order valence-corrected chi connectivity index (χ1v) is 8.86. The van der Waals surface area contributed by atoms with Crippen LogP contribution in [0.1, 0.15) is 26.8 Å². The van der Waals surface area contributed by atoms with Crippen molar-refractivity contribution >= 4 is 39.4 Å². The Morgan fingerprint density at radius 1 is 1.30 bits per heavy atom. The Balaban J connectivity index is 2.66. The van der Waals surface area contributed by atoms with Crippen molar-refractivity contribution in [2.45, 2.75) is 5.76 Å². The van der Waals surface area contributed by atoms with E-state index in [4.69, 9.17) is 16.3 Å². The molecule has 0 N–H and O–H groups in total. The van der Waals surface area contributed by atoms with Crippen molar-refractivity contribution < 1.29 is 31.5 Å². The van der Waals surface area contributed by atoms with Gasteiger partial charge in [0.2, 0.25) is 11.6 Å². The fourth-order valence-electron chi connectivity index (χ4n) is 2.00. The molecule has 0 atom stereocenters. The maximum Gasteiger partial charge on any atom is 0.355 e. The molecule has 0 fully saturated rings. The highest BCUT2D eigenvalue weighted by Gasteiger charge is 2.33.